The van der Waals surface area contributed by atoms with Crippen molar-refractivity contribution in [1.29, 1.82) is 0 Å². The van der Waals surface area contributed by atoms with E-state index >= 15 is 0 Å². The zero-order valence-electron chi connectivity index (χ0n) is 10.8. The molecule has 0 spiro atoms. The lowest BCUT2D eigenvalue weighted by atomic mass is 10.0. The van der Waals surface area contributed by atoms with E-state index < -0.39 is 17.4 Å². The summed E-state index contributed by atoms with van der Waals surface area (Å²) in [5.74, 6) is -2.33. The molecule has 1 heterocycles. The Morgan fingerprint density at radius 2 is 1.95 bits per heavy atom. The monoisotopic (exact) mass is 286 g/mol. The standard InChI is InChI=1S/C13H16F2N2O3/c14-10-5-9(13(16)17-18)6-11(15)12(10)20-7-8-1-3-19-4-2-8/h5-6,8,18H,1-4,7H2,(H2,16,17). The van der Waals surface area contributed by atoms with Crippen LogP contribution in [0.25, 0.3) is 0 Å². The Balaban J connectivity index is 2.08. The quantitative estimate of drug-likeness (QED) is 0.383. The highest BCUT2D eigenvalue weighted by molar-refractivity contribution is 5.97. The fourth-order valence-corrected chi connectivity index (χ4v) is 2.02. The molecule has 0 aromatic heterocycles. The van der Waals surface area contributed by atoms with Gasteiger partial charge in [-0.25, -0.2) is 8.78 Å². The van der Waals surface area contributed by atoms with Crippen molar-refractivity contribution in [2.24, 2.45) is 16.8 Å². The van der Waals surface area contributed by atoms with Gasteiger partial charge in [0.1, 0.15) is 0 Å². The lowest BCUT2D eigenvalue weighted by Gasteiger charge is -2.22. The van der Waals surface area contributed by atoms with Gasteiger partial charge in [0.2, 0.25) is 0 Å². The number of rotatable bonds is 4. The predicted octanol–water partition coefficient (Wildman–Crippen LogP) is 1.86. The molecule has 1 aromatic rings. The Hall–Kier alpha value is -1.89. The van der Waals surface area contributed by atoms with E-state index in [-0.39, 0.29) is 23.9 Å². The summed E-state index contributed by atoms with van der Waals surface area (Å²) < 4.78 is 38.0. The molecule has 0 radical (unpaired) electrons. The molecule has 1 aliphatic heterocycles. The molecular weight excluding hydrogens is 270 g/mol. The van der Waals surface area contributed by atoms with Crippen LogP contribution in [-0.2, 0) is 4.74 Å². The minimum Gasteiger partial charge on any atom is -0.487 e. The highest BCUT2D eigenvalue weighted by Gasteiger charge is 2.18. The molecule has 7 heteroatoms. The topological polar surface area (TPSA) is 77.1 Å². The van der Waals surface area contributed by atoms with Gasteiger partial charge in [-0.15, -0.1) is 0 Å². The van der Waals surface area contributed by atoms with E-state index in [1.807, 2.05) is 0 Å². The maximum atomic E-state index is 13.8. The lowest BCUT2D eigenvalue weighted by molar-refractivity contribution is 0.0485. The van der Waals surface area contributed by atoms with Crippen molar-refractivity contribution in [2.75, 3.05) is 19.8 Å². The average molecular weight is 286 g/mol. The van der Waals surface area contributed by atoms with Crippen LogP contribution in [0.3, 0.4) is 0 Å². The first-order valence-corrected chi connectivity index (χ1v) is 6.29. The van der Waals surface area contributed by atoms with E-state index in [1.165, 1.54) is 0 Å². The highest BCUT2D eigenvalue weighted by Crippen LogP contribution is 2.25. The highest BCUT2D eigenvalue weighted by atomic mass is 19.1. The largest absolute Gasteiger partial charge is 0.487 e. The van der Waals surface area contributed by atoms with Gasteiger partial charge in [0.25, 0.3) is 0 Å². The Kier molecular flexibility index (Phi) is 4.73. The number of hydrogen-bond acceptors (Lipinski definition) is 4. The van der Waals surface area contributed by atoms with Crippen molar-refractivity contribution in [3.8, 4) is 5.75 Å². The molecule has 110 valence electrons. The van der Waals surface area contributed by atoms with Crippen LogP contribution in [0.2, 0.25) is 0 Å². The molecule has 0 bridgehead atoms. The molecule has 2 rings (SSSR count). The maximum absolute atomic E-state index is 13.8. The molecule has 0 aliphatic carbocycles. The molecular formula is C13H16F2N2O3. The number of oxime groups is 1. The van der Waals surface area contributed by atoms with Gasteiger partial charge in [-0.05, 0) is 30.9 Å². The van der Waals surface area contributed by atoms with Gasteiger partial charge >= 0.3 is 0 Å². The maximum Gasteiger partial charge on any atom is 0.190 e. The molecule has 3 N–H and O–H groups in total. The molecule has 0 unspecified atom stereocenters. The number of amidine groups is 1. The first-order chi connectivity index (χ1) is 9.61. The SMILES string of the molecule is N/C(=N/O)c1cc(F)c(OCC2CCOCC2)c(F)c1. The van der Waals surface area contributed by atoms with Crippen molar-refractivity contribution >= 4 is 5.84 Å². The van der Waals surface area contributed by atoms with E-state index in [0.29, 0.717) is 13.2 Å². The first-order valence-electron chi connectivity index (χ1n) is 6.29. The van der Waals surface area contributed by atoms with Crippen LogP contribution in [0.1, 0.15) is 18.4 Å². The van der Waals surface area contributed by atoms with E-state index in [1.54, 1.807) is 0 Å². The van der Waals surface area contributed by atoms with E-state index in [2.05, 4.69) is 5.16 Å². The minimum absolute atomic E-state index is 0.0408. The zero-order chi connectivity index (χ0) is 14.5. The van der Waals surface area contributed by atoms with Crippen LogP contribution in [0.4, 0.5) is 8.78 Å². The summed E-state index contributed by atoms with van der Waals surface area (Å²) in [4.78, 5) is 0. The molecule has 0 saturated carbocycles. The van der Waals surface area contributed by atoms with Crippen molar-refractivity contribution < 1.29 is 23.5 Å². The van der Waals surface area contributed by atoms with Crippen LogP contribution in [0.5, 0.6) is 5.75 Å². The predicted molar refractivity (Wildman–Crippen MR) is 67.9 cm³/mol. The second kappa shape index (κ2) is 6.51. The summed E-state index contributed by atoms with van der Waals surface area (Å²) in [6.07, 6.45) is 1.62. The molecule has 1 aromatic carbocycles. The normalized spacial score (nSPS) is 17.2. The molecule has 20 heavy (non-hydrogen) atoms. The van der Waals surface area contributed by atoms with Gasteiger partial charge < -0.3 is 20.4 Å². The summed E-state index contributed by atoms with van der Waals surface area (Å²) in [7, 11) is 0. The minimum atomic E-state index is -0.876. The van der Waals surface area contributed by atoms with Crippen LogP contribution in [0, 0.1) is 17.6 Å². The van der Waals surface area contributed by atoms with Gasteiger partial charge in [-0.2, -0.15) is 0 Å². The van der Waals surface area contributed by atoms with Gasteiger partial charge in [-0.3, -0.25) is 0 Å². The van der Waals surface area contributed by atoms with Crippen LogP contribution >= 0.6 is 0 Å². The van der Waals surface area contributed by atoms with Crippen LogP contribution in [-0.4, -0.2) is 30.9 Å². The van der Waals surface area contributed by atoms with Gasteiger partial charge in [0.15, 0.2) is 23.2 Å². The Labute approximate surface area is 115 Å². The second-order valence-electron chi connectivity index (χ2n) is 4.62. The number of nitrogens with two attached hydrogens (primary N) is 1. The van der Waals surface area contributed by atoms with Crippen molar-refractivity contribution in [3.05, 3.63) is 29.3 Å². The van der Waals surface area contributed by atoms with Crippen LogP contribution in [0.15, 0.2) is 17.3 Å². The first kappa shape index (κ1) is 14.5. The van der Waals surface area contributed by atoms with E-state index in [9.17, 15) is 8.78 Å². The van der Waals surface area contributed by atoms with Crippen LogP contribution < -0.4 is 10.5 Å². The third-order valence-electron chi connectivity index (χ3n) is 3.21. The average Bonchev–Trinajstić information content (AvgIpc) is 2.46. The Morgan fingerprint density at radius 3 is 2.50 bits per heavy atom. The number of nitrogens with zero attached hydrogens (tertiary/aromatic N) is 1. The van der Waals surface area contributed by atoms with Gasteiger partial charge in [-0.1, -0.05) is 5.16 Å². The number of halogens is 2. The van der Waals surface area contributed by atoms with Gasteiger partial charge in [0.05, 0.1) is 6.61 Å². The zero-order valence-corrected chi connectivity index (χ0v) is 10.8. The summed E-state index contributed by atoms with van der Waals surface area (Å²) in [6.45, 7) is 1.52. The summed E-state index contributed by atoms with van der Waals surface area (Å²) in [5.41, 5.74) is 5.24. The van der Waals surface area contributed by atoms with Gasteiger partial charge in [0, 0.05) is 18.8 Å². The third kappa shape index (κ3) is 3.36. The van der Waals surface area contributed by atoms with Crippen molar-refractivity contribution in [3.63, 3.8) is 0 Å². The lowest BCUT2D eigenvalue weighted by Crippen LogP contribution is -2.22. The fraction of sp³-hybridized carbons (Fsp3) is 0.462. The molecule has 1 aliphatic rings. The van der Waals surface area contributed by atoms with E-state index in [0.717, 1.165) is 25.0 Å². The number of benzene rings is 1. The molecule has 0 amide bonds. The Morgan fingerprint density at radius 1 is 1.35 bits per heavy atom. The fourth-order valence-electron chi connectivity index (χ4n) is 2.02. The smallest absolute Gasteiger partial charge is 0.190 e. The second-order valence-corrected chi connectivity index (χ2v) is 4.62. The summed E-state index contributed by atoms with van der Waals surface area (Å²) in [6, 6.07) is 1.94. The summed E-state index contributed by atoms with van der Waals surface area (Å²) in [5, 5.41) is 11.2. The Bertz CT molecular complexity index is 479. The van der Waals surface area contributed by atoms with Crippen molar-refractivity contribution in [2.45, 2.75) is 12.8 Å². The summed E-state index contributed by atoms with van der Waals surface area (Å²) >= 11 is 0. The third-order valence-corrected chi connectivity index (χ3v) is 3.21. The molecule has 1 saturated heterocycles. The van der Waals surface area contributed by atoms with E-state index in [4.69, 9.17) is 20.4 Å². The number of hydrogen-bond donors (Lipinski definition) is 2. The number of ether oxygens (including phenoxy) is 2. The molecule has 5 nitrogen and oxygen atoms in total. The molecule has 1 fully saturated rings. The molecule has 0 atom stereocenters. The van der Waals surface area contributed by atoms with Crippen molar-refractivity contribution in [1.82, 2.24) is 0 Å².